The summed E-state index contributed by atoms with van der Waals surface area (Å²) in [5.41, 5.74) is 0. The Morgan fingerprint density at radius 2 is 2.40 bits per heavy atom. The zero-order valence-electron chi connectivity index (χ0n) is 8.55. The van der Waals surface area contributed by atoms with Gasteiger partial charge in [-0.05, 0) is 6.54 Å². The van der Waals surface area contributed by atoms with Gasteiger partial charge in [0.25, 0.3) is 0 Å². The van der Waals surface area contributed by atoms with Gasteiger partial charge in [-0.2, -0.15) is 4.98 Å². The Morgan fingerprint density at radius 1 is 1.47 bits per heavy atom. The smallest absolute Gasteiger partial charge is 0.213 e. The maximum absolute atomic E-state index is 4.67. The fourth-order valence-electron chi connectivity index (χ4n) is 1.30. The van der Waals surface area contributed by atoms with Crippen LogP contribution in [0.4, 0.5) is 0 Å². The summed E-state index contributed by atoms with van der Waals surface area (Å²) in [6.07, 6.45) is 5.01. The van der Waals surface area contributed by atoms with Gasteiger partial charge in [-0.25, -0.2) is 4.98 Å². The summed E-state index contributed by atoms with van der Waals surface area (Å²) in [6.45, 7) is 4.33. The van der Waals surface area contributed by atoms with Gasteiger partial charge in [-0.15, -0.1) is 0 Å². The summed E-state index contributed by atoms with van der Waals surface area (Å²) >= 11 is 0. The molecule has 0 fully saturated rings. The highest BCUT2D eigenvalue weighted by Crippen LogP contribution is 2.00. The Labute approximate surface area is 87.3 Å². The van der Waals surface area contributed by atoms with Gasteiger partial charge in [0.05, 0.1) is 13.1 Å². The highest BCUT2D eigenvalue weighted by Gasteiger charge is 2.05. The van der Waals surface area contributed by atoms with Crippen LogP contribution in [0.1, 0.15) is 18.6 Å². The molecule has 0 bridgehead atoms. The lowest BCUT2D eigenvalue weighted by Gasteiger charge is -2.04. The van der Waals surface area contributed by atoms with E-state index in [0.717, 1.165) is 18.9 Å². The van der Waals surface area contributed by atoms with E-state index in [1.54, 1.807) is 6.20 Å². The molecule has 6 heteroatoms. The van der Waals surface area contributed by atoms with E-state index in [2.05, 4.69) is 31.9 Å². The first-order chi connectivity index (χ1) is 7.40. The fourth-order valence-corrected chi connectivity index (χ4v) is 1.30. The molecule has 15 heavy (non-hydrogen) atoms. The summed E-state index contributed by atoms with van der Waals surface area (Å²) in [5, 5.41) is 6.98. The van der Waals surface area contributed by atoms with Gasteiger partial charge in [-0.1, -0.05) is 12.1 Å². The van der Waals surface area contributed by atoms with Crippen molar-refractivity contribution in [2.45, 2.75) is 20.0 Å². The minimum atomic E-state index is 0.594. The van der Waals surface area contributed by atoms with Crippen molar-refractivity contribution in [2.75, 3.05) is 6.54 Å². The number of imidazole rings is 1. The molecule has 0 aliphatic rings. The third-order valence-electron chi connectivity index (χ3n) is 2.05. The molecule has 0 aliphatic heterocycles. The summed E-state index contributed by atoms with van der Waals surface area (Å²) in [4.78, 5) is 8.21. The largest absolute Gasteiger partial charge is 0.343 e. The van der Waals surface area contributed by atoms with E-state index in [4.69, 9.17) is 0 Å². The molecular weight excluding hydrogens is 194 g/mol. The van der Waals surface area contributed by atoms with Crippen LogP contribution >= 0.6 is 0 Å². The number of aromatic nitrogens is 4. The van der Waals surface area contributed by atoms with E-state index in [1.807, 2.05) is 10.8 Å². The molecule has 2 aromatic rings. The molecule has 0 radical (unpaired) electrons. The summed E-state index contributed by atoms with van der Waals surface area (Å²) in [6, 6.07) is 0. The normalized spacial score (nSPS) is 10.7. The van der Waals surface area contributed by atoms with Gasteiger partial charge in [-0.3, -0.25) is 0 Å². The highest BCUT2D eigenvalue weighted by molar-refractivity contribution is 4.95. The fraction of sp³-hybridized carbons (Fsp3) is 0.444. The van der Waals surface area contributed by atoms with Crippen molar-refractivity contribution >= 4 is 0 Å². The van der Waals surface area contributed by atoms with Crippen molar-refractivity contribution in [3.05, 3.63) is 30.4 Å². The van der Waals surface area contributed by atoms with Crippen LogP contribution in [-0.2, 0) is 13.1 Å². The van der Waals surface area contributed by atoms with E-state index >= 15 is 0 Å². The molecule has 2 aromatic heterocycles. The second kappa shape index (κ2) is 4.70. The summed E-state index contributed by atoms with van der Waals surface area (Å²) < 4.78 is 6.67. The van der Waals surface area contributed by atoms with Gasteiger partial charge in [0.1, 0.15) is 5.82 Å². The molecule has 2 rings (SSSR count). The Bertz CT molecular complexity index is 394. The van der Waals surface area contributed by atoms with Crippen molar-refractivity contribution < 1.29 is 4.52 Å². The zero-order chi connectivity index (χ0) is 10.5. The van der Waals surface area contributed by atoms with Crippen molar-refractivity contribution in [1.29, 1.82) is 0 Å². The van der Waals surface area contributed by atoms with Crippen LogP contribution in [0.15, 0.2) is 23.3 Å². The van der Waals surface area contributed by atoms with Gasteiger partial charge in [0.15, 0.2) is 5.82 Å². The van der Waals surface area contributed by atoms with Crippen molar-refractivity contribution in [1.82, 2.24) is 25.0 Å². The van der Waals surface area contributed by atoms with Crippen LogP contribution in [0.3, 0.4) is 0 Å². The van der Waals surface area contributed by atoms with Gasteiger partial charge in [0, 0.05) is 12.4 Å². The first kappa shape index (κ1) is 9.85. The summed E-state index contributed by atoms with van der Waals surface area (Å²) in [5.74, 6) is 1.63. The average molecular weight is 207 g/mol. The second-order valence-corrected chi connectivity index (χ2v) is 3.10. The maximum Gasteiger partial charge on any atom is 0.213 e. The topological polar surface area (TPSA) is 68.8 Å². The first-order valence-electron chi connectivity index (χ1n) is 4.86. The van der Waals surface area contributed by atoms with Gasteiger partial charge < -0.3 is 14.4 Å². The second-order valence-electron chi connectivity index (χ2n) is 3.10. The lowest BCUT2D eigenvalue weighted by Crippen LogP contribution is -2.16. The van der Waals surface area contributed by atoms with E-state index in [-0.39, 0.29) is 0 Å². The third-order valence-corrected chi connectivity index (χ3v) is 2.05. The van der Waals surface area contributed by atoms with Crippen LogP contribution in [-0.4, -0.2) is 26.2 Å². The predicted molar refractivity (Wildman–Crippen MR) is 53.0 cm³/mol. The average Bonchev–Trinajstić information content (AvgIpc) is 2.87. The lowest BCUT2D eigenvalue weighted by atomic mass is 10.5. The van der Waals surface area contributed by atoms with Crippen LogP contribution in [0.25, 0.3) is 0 Å². The molecule has 0 saturated heterocycles. The molecule has 0 spiro atoms. The number of rotatable bonds is 5. The molecule has 0 amide bonds. The van der Waals surface area contributed by atoms with E-state index in [0.29, 0.717) is 12.4 Å². The van der Waals surface area contributed by atoms with Crippen LogP contribution < -0.4 is 5.32 Å². The first-order valence-corrected chi connectivity index (χ1v) is 4.86. The Morgan fingerprint density at radius 3 is 3.13 bits per heavy atom. The highest BCUT2D eigenvalue weighted by atomic mass is 16.5. The van der Waals surface area contributed by atoms with Crippen molar-refractivity contribution in [2.24, 2.45) is 0 Å². The Balaban J connectivity index is 2.04. The monoisotopic (exact) mass is 207 g/mol. The van der Waals surface area contributed by atoms with E-state index < -0.39 is 0 Å². The minimum absolute atomic E-state index is 0.594. The molecule has 0 unspecified atom stereocenters. The van der Waals surface area contributed by atoms with Crippen LogP contribution in [0.5, 0.6) is 0 Å². The molecule has 0 saturated carbocycles. The molecule has 0 aromatic carbocycles. The standard InChI is InChI=1S/C9H13N5O/c1-2-10-5-9-11-3-4-14(9)6-8-12-7-15-13-8/h3-4,7,10H,2,5-6H2,1H3. The third kappa shape index (κ3) is 2.41. The summed E-state index contributed by atoms with van der Waals surface area (Å²) in [7, 11) is 0. The number of hydrogen-bond donors (Lipinski definition) is 1. The van der Waals surface area contributed by atoms with Crippen molar-refractivity contribution in [3.8, 4) is 0 Å². The lowest BCUT2D eigenvalue weighted by molar-refractivity contribution is 0.407. The molecule has 80 valence electrons. The molecule has 1 N–H and O–H groups in total. The molecular formula is C9H13N5O. The van der Waals surface area contributed by atoms with Crippen LogP contribution in [0, 0.1) is 0 Å². The number of nitrogens with one attached hydrogen (secondary N) is 1. The quantitative estimate of drug-likeness (QED) is 0.769. The zero-order valence-corrected chi connectivity index (χ0v) is 8.55. The van der Waals surface area contributed by atoms with Gasteiger partial charge >= 0.3 is 0 Å². The molecule has 2 heterocycles. The van der Waals surface area contributed by atoms with E-state index in [1.165, 1.54) is 6.39 Å². The molecule has 0 aliphatic carbocycles. The van der Waals surface area contributed by atoms with E-state index in [9.17, 15) is 0 Å². The van der Waals surface area contributed by atoms with Crippen LogP contribution in [0.2, 0.25) is 0 Å². The maximum atomic E-state index is 4.67. The Kier molecular flexibility index (Phi) is 3.08. The predicted octanol–water partition coefficient (Wildman–Crippen LogP) is 0.424. The SMILES string of the molecule is CCNCc1nccn1Cc1ncon1. The van der Waals surface area contributed by atoms with Crippen molar-refractivity contribution in [3.63, 3.8) is 0 Å². The Hall–Kier alpha value is -1.69. The number of nitrogens with zero attached hydrogens (tertiary/aromatic N) is 4. The van der Waals surface area contributed by atoms with Gasteiger partial charge in [0.2, 0.25) is 6.39 Å². The number of hydrogen-bond acceptors (Lipinski definition) is 5. The molecule has 0 atom stereocenters. The molecule has 6 nitrogen and oxygen atoms in total. The minimum Gasteiger partial charge on any atom is -0.343 e.